The van der Waals surface area contributed by atoms with Gasteiger partial charge in [-0.2, -0.15) is 0 Å². The van der Waals surface area contributed by atoms with Crippen molar-refractivity contribution in [3.05, 3.63) is 0 Å². The van der Waals surface area contributed by atoms with Gasteiger partial charge in [-0.3, -0.25) is 0 Å². The van der Waals surface area contributed by atoms with E-state index >= 15 is 0 Å². The first-order valence-corrected chi connectivity index (χ1v) is 3.70. The highest BCUT2D eigenvalue weighted by atomic mass is 19.3. The van der Waals surface area contributed by atoms with Crippen molar-refractivity contribution >= 4 is 0 Å². The molecule has 1 aliphatic rings. The first kappa shape index (κ1) is 8.87. The van der Waals surface area contributed by atoms with Crippen LogP contribution in [-0.4, -0.2) is 30.3 Å². The molecule has 1 heterocycles. The maximum absolute atomic E-state index is 11.9. The van der Waals surface area contributed by atoms with Crippen molar-refractivity contribution in [3.63, 3.8) is 0 Å². The second kappa shape index (κ2) is 3.45. The van der Waals surface area contributed by atoms with E-state index in [1.54, 1.807) is 6.92 Å². The lowest BCUT2D eigenvalue weighted by atomic mass is 9.96. The minimum Gasteiger partial charge on any atom is -0.387 e. The predicted octanol–water partition coefficient (Wildman–Crippen LogP) is 1.04. The van der Waals surface area contributed by atoms with Crippen LogP contribution in [0.3, 0.4) is 0 Å². The molecular formula is C7H12F2O2. The van der Waals surface area contributed by atoms with E-state index < -0.39 is 18.4 Å². The summed E-state index contributed by atoms with van der Waals surface area (Å²) in [4.78, 5) is 0. The minimum absolute atomic E-state index is 0.237. The summed E-state index contributed by atoms with van der Waals surface area (Å²) in [7, 11) is 0. The topological polar surface area (TPSA) is 29.5 Å². The van der Waals surface area contributed by atoms with Crippen LogP contribution < -0.4 is 0 Å². The molecule has 0 saturated carbocycles. The van der Waals surface area contributed by atoms with E-state index in [4.69, 9.17) is 9.84 Å². The van der Waals surface area contributed by atoms with E-state index in [0.29, 0.717) is 13.0 Å². The quantitative estimate of drug-likeness (QED) is 0.664. The van der Waals surface area contributed by atoms with Gasteiger partial charge in [-0.25, -0.2) is 8.78 Å². The van der Waals surface area contributed by atoms with Crippen LogP contribution >= 0.6 is 0 Å². The Kier molecular flexibility index (Phi) is 2.78. The van der Waals surface area contributed by atoms with Crippen LogP contribution in [0, 0.1) is 5.92 Å². The lowest BCUT2D eigenvalue weighted by molar-refractivity contribution is -0.0544. The first-order chi connectivity index (χ1) is 5.13. The molecule has 0 aromatic carbocycles. The summed E-state index contributed by atoms with van der Waals surface area (Å²) in [5, 5.41) is 8.97. The Morgan fingerprint density at radius 2 is 2.18 bits per heavy atom. The van der Waals surface area contributed by atoms with Crippen molar-refractivity contribution in [2.24, 2.45) is 5.92 Å². The molecule has 0 spiro atoms. The Balaban J connectivity index is 2.45. The summed E-state index contributed by atoms with van der Waals surface area (Å²) in [6.45, 7) is 2.19. The van der Waals surface area contributed by atoms with Crippen LogP contribution in [0.15, 0.2) is 0 Å². The van der Waals surface area contributed by atoms with Crippen LogP contribution in [0.1, 0.15) is 13.3 Å². The zero-order chi connectivity index (χ0) is 8.43. The minimum atomic E-state index is -2.65. The van der Waals surface area contributed by atoms with E-state index in [1.807, 2.05) is 0 Å². The molecule has 1 saturated heterocycles. The Labute approximate surface area is 64.2 Å². The van der Waals surface area contributed by atoms with Gasteiger partial charge in [0.25, 0.3) is 6.43 Å². The van der Waals surface area contributed by atoms with Crippen LogP contribution in [-0.2, 0) is 4.74 Å². The molecule has 3 atom stereocenters. The molecule has 11 heavy (non-hydrogen) atoms. The molecule has 0 aromatic heterocycles. The number of aliphatic hydroxyl groups is 1. The maximum Gasteiger partial charge on any atom is 0.264 e. The summed E-state index contributed by atoms with van der Waals surface area (Å²) in [6.07, 6.45) is -3.87. The number of rotatable bonds is 2. The molecule has 4 heteroatoms. The molecule has 0 aromatic rings. The smallest absolute Gasteiger partial charge is 0.264 e. The normalized spacial score (nSPS) is 34.6. The number of ether oxygens (including phenoxy) is 1. The van der Waals surface area contributed by atoms with Gasteiger partial charge >= 0.3 is 0 Å². The Bertz CT molecular complexity index is 130. The molecule has 66 valence electrons. The van der Waals surface area contributed by atoms with Crippen molar-refractivity contribution in [2.45, 2.75) is 32.0 Å². The van der Waals surface area contributed by atoms with Crippen LogP contribution in [0.5, 0.6) is 0 Å². The largest absolute Gasteiger partial charge is 0.387 e. The molecular weight excluding hydrogens is 154 g/mol. The van der Waals surface area contributed by atoms with Gasteiger partial charge < -0.3 is 9.84 Å². The number of hydrogen-bond acceptors (Lipinski definition) is 2. The molecule has 1 rings (SSSR count). The van der Waals surface area contributed by atoms with Gasteiger partial charge in [0, 0.05) is 12.5 Å². The number of aliphatic hydroxyl groups excluding tert-OH is 1. The molecule has 0 amide bonds. The molecule has 3 unspecified atom stereocenters. The van der Waals surface area contributed by atoms with Gasteiger partial charge in [0.1, 0.15) is 6.10 Å². The molecule has 0 aliphatic carbocycles. The third kappa shape index (κ3) is 1.87. The third-order valence-corrected chi connectivity index (χ3v) is 2.13. The number of halogens is 2. The van der Waals surface area contributed by atoms with E-state index in [9.17, 15) is 8.78 Å². The average Bonchev–Trinajstić information content (AvgIpc) is 2.33. The lowest BCUT2D eigenvalue weighted by Gasteiger charge is -2.19. The highest BCUT2D eigenvalue weighted by molar-refractivity contribution is 4.80. The van der Waals surface area contributed by atoms with Crippen molar-refractivity contribution in [2.75, 3.05) is 6.61 Å². The van der Waals surface area contributed by atoms with E-state index in [2.05, 4.69) is 0 Å². The zero-order valence-electron chi connectivity index (χ0n) is 6.34. The van der Waals surface area contributed by atoms with Crippen molar-refractivity contribution in [3.8, 4) is 0 Å². The van der Waals surface area contributed by atoms with Gasteiger partial charge in [-0.05, 0) is 13.3 Å². The lowest BCUT2D eigenvalue weighted by Crippen LogP contribution is -2.32. The van der Waals surface area contributed by atoms with Crippen LogP contribution in [0.25, 0.3) is 0 Å². The summed E-state index contributed by atoms with van der Waals surface area (Å²) in [5.74, 6) is -0.394. The second-order valence-electron chi connectivity index (χ2n) is 2.85. The first-order valence-electron chi connectivity index (χ1n) is 3.70. The molecule has 1 aliphatic heterocycles. The van der Waals surface area contributed by atoms with Crippen LogP contribution in [0.2, 0.25) is 0 Å². The van der Waals surface area contributed by atoms with Gasteiger partial charge in [0.05, 0.1) is 6.10 Å². The summed E-state index contributed by atoms with van der Waals surface area (Å²) in [5.41, 5.74) is 0. The van der Waals surface area contributed by atoms with Gasteiger partial charge in [0.15, 0.2) is 0 Å². The van der Waals surface area contributed by atoms with Gasteiger partial charge in [-0.15, -0.1) is 0 Å². The average molecular weight is 166 g/mol. The van der Waals surface area contributed by atoms with E-state index in [1.165, 1.54) is 0 Å². The molecule has 0 bridgehead atoms. The summed E-state index contributed by atoms with van der Waals surface area (Å²) < 4.78 is 28.9. The highest BCUT2D eigenvalue weighted by Crippen LogP contribution is 2.26. The molecule has 0 radical (unpaired) electrons. The zero-order valence-corrected chi connectivity index (χ0v) is 6.34. The number of hydrogen-bond donors (Lipinski definition) is 1. The van der Waals surface area contributed by atoms with E-state index in [-0.39, 0.29) is 6.10 Å². The maximum atomic E-state index is 11.9. The van der Waals surface area contributed by atoms with Crippen LogP contribution in [0.4, 0.5) is 8.78 Å². The van der Waals surface area contributed by atoms with Crippen molar-refractivity contribution in [1.29, 1.82) is 0 Å². The van der Waals surface area contributed by atoms with Crippen molar-refractivity contribution in [1.82, 2.24) is 0 Å². The number of alkyl halides is 2. The SMILES string of the molecule is CC1OCCC1C(O)C(F)F. The van der Waals surface area contributed by atoms with Gasteiger partial charge in [0.2, 0.25) is 0 Å². The summed E-state index contributed by atoms with van der Waals surface area (Å²) in [6, 6.07) is 0. The standard InChI is InChI=1S/C7H12F2O2/c1-4-5(2-3-11-4)6(10)7(8)9/h4-7,10H,2-3H2,1H3. The van der Waals surface area contributed by atoms with Crippen molar-refractivity contribution < 1.29 is 18.6 Å². The molecule has 1 fully saturated rings. The molecule has 2 nitrogen and oxygen atoms in total. The van der Waals surface area contributed by atoms with Gasteiger partial charge in [-0.1, -0.05) is 0 Å². The Hall–Kier alpha value is -0.220. The fourth-order valence-electron chi connectivity index (χ4n) is 1.38. The van der Waals surface area contributed by atoms with E-state index in [0.717, 1.165) is 0 Å². The monoisotopic (exact) mass is 166 g/mol. The summed E-state index contributed by atoms with van der Waals surface area (Å²) >= 11 is 0. The Morgan fingerprint density at radius 1 is 1.55 bits per heavy atom. The molecule has 1 N–H and O–H groups in total. The fourth-order valence-corrected chi connectivity index (χ4v) is 1.38. The Morgan fingerprint density at radius 3 is 2.55 bits per heavy atom. The third-order valence-electron chi connectivity index (χ3n) is 2.13. The second-order valence-corrected chi connectivity index (χ2v) is 2.85. The fraction of sp³-hybridized carbons (Fsp3) is 1.00. The predicted molar refractivity (Wildman–Crippen MR) is 35.5 cm³/mol. The highest BCUT2D eigenvalue weighted by Gasteiger charge is 2.35.